The largest absolute Gasteiger partial charge is 0.352 e. The minimum absolute atomic E-state index is 0.0406. The lowest BCUT2D eigenvalue weighted by Gasteiger charge is -2.13. The van der Waals surface area contributed by atoms with E-state index in [2.05, 4.69) is 15.4 Å². The van der Waals surface area contributed by atoms with Gasteiger partial charge in [0.2, 0.25) is 5.91 Å². The molecule has 0 aliphatic heterocycles. The third-order valence-electron chi connectivity index (χ3n) is 2.86. The van der Waals surface area contributed by atoms with Crippen LogP contribution in [-0.4, -0.2) is 26.7 Å². The molecule has 20 heavy (non-hydrogen) atoms. The molecule has 0 bridgehead atoms. The predicted molar refractivity (Wildman–Crippen MR) is 77.5 cm³/mol. The second kappa shape index (κ2) is 6.52. The van der Waals surface area contributed by atoms with E-state index in [0.29, 0.717) is 5.02 Å². The molecule has 106 valence electrons. The van der Waals surface area contributed by atoms with Crippen LogP contribution < -0.4 is 5.32 Å². The van der Waals surface area contributed by atoms with Crippen molar-refractivity contribution in [2.75, 3.05) is 0 Å². The number of carbonyl (C=O) groups excluding carboxylic acids is 1. The van der Waals surface area contributed by atoms with Gasteiger partial charge in [-0.1, -0.05) is 17.7 Å². The van der Waals surface area contributed by atoms with E-state index in [-0.39, 0.29) is 18.5 Å². The molecule has 0 saturated carbocycles. The first-order valence-corrected chi connectivity index (χ1v) is 6.80. The summed E-state index contributed by atoms with van der Waals surface area (Å²) in [6.45, 7) is 3.94. The van der Waals surface area contributed by atoms with E-state index in [1.54, 1.807) is 23.3 Å². The van der Waals surface area contributed by atoms with Crippen molar-refractivity contribution in [2.45, 2.75) is 32.9 Å². The second-order valence-electron chi connectivity index (χ2n) is 4.79. The van der Waals surface area contributed by atoms with E-state index in [4.69, 9.17) is 11.6 Å². The Kier molecular flexibility index (Phi) is 4.74. The zero-order valence-electron chi connectivity index (χ0n) is 11.5. The van der Waals surface area contributed by atoms with Crippen molar-refractivity contribution in [3.63, 3.8) is 0 Å². The molecule has 0 aromatic carbocycles. The van der Waals surface area contributed by atoms with Gasteiger partial charge >= 0.3 is 0 Å². The minimum Gasteiger partial charge on any atom is -0.352 e. The molecule has 0 spiro atoms. The van der Waals surface area contributed by atoms with E-state index >= 15 is 0 Å². The summed E-state index contributed by atoms with van der Waals surface area (Å²) in [6.07, 6.45) is 5.94. The van der Waals surface area contributed by atoms with Crippen LogP contribution in [-0.2, 0) is 17.8 Å². The van der Waals surface area contributed by atoms with Crippen molar-refractivity contribution in [2.24, 2.45) is 0 Å². The number of carbonyl (C=O) groups is 1. The summed E-state index contributed by atoms with van der Waals surface area (Å²) in [4.78, 5) is 16.0. The van der Waals surface area contributed by atoms with Crippen LogP contribution in [0.2, 0.25) is 5.02 Å². The molecule has 1 amide bonds. The van der Waals surface area contributed by atoms with E-state index < -0.39 is 0 Å². The molecular formula is C14H17ClN4O. The number of rotatable bonds is 5. The number of halogens is 1. The molecule has 0 aliphatic carbocycles. The SMILES string of the molecule is Cc1nn(CC(=O)N[C@@H](C)Cc2cccnc2)cc1Cl. The summed E-state index contributed by atoms with van der Waals surface area (Å²) in [6, 6.07) is 3.92. The second-order valence-corrected chi connectivity index (χ2v) is 5.20. The number of amides is 1. The zero-order chi connectivity index (χ0) is 14.5. The van der Waals surface area contributed by atoms with Crippen molar-refractivity contribution < 1.29 is 4.79 Å². The van der Waals surface area contributed by atoms with Gasteiger partial charge in [0.05, 0.1) is 10.7 Å². The van der Waals surface area contributed by atoms with Gasteiger partial charge in [-0.05, 0) is 31.9 Å². The average Bonchev–Trinajstić information content (AvgIpc) is 2.68. The monoisotopic (exact) mass is 292 g/mol. The standard InChI is InChI=1S/C14H17ClN4O/c1-10(6-12-4-3-5-16-7-12)17-14(20)9-19-8-13(15)11(2)18-19/h3-5,7-8,10H,6,9H2,1-2H3,(H,17,20)/t10-/m0/s1. The Bertz CT molecular complexity index is 563. The Morgan fingerprint density at radius 1 is 1.55 bits per heavy atom. The molecule has 5 nitrogen and oxygen atoms in total. The first kappa shape index (κ1) is 14.5. The fourth-order valence-corrected chi connectivity index (χ4v) is 2.12. The van der Waals surface area contributed by atoms with Crippen molar-refractivity contribution in [1.82, 2.24) is 20.1 Å². The van der Waals surface area contributed by atoms with Gasteiger partial charge in [-0.2, -0.15) is 5.10 Å². The number of hydrogen-bond acceptors (Lipinski definition) is 3. The van der Waals surface area contributed by atoms with Crippen LogP contribution in [0.3, 0.4) is 0 Å². The molecule has 0 aliphatic rings. The van der Waals surface area contributed by atoms with Gasteiger partial charge in [-0.3, -0.25) is 14.5 Å². The maximum absolute atomic E-state index is 11.9. The third kappa shape index (κ3) is 4.06. The third-order valence-corrected chi connectivity index (χ3v) is 3.24. The summed E-state index contributed by atoms with van der Waals surface area (Å²) >= 11 is 5.90. The van der Waals surface area contributed by atoms with Gasteiger partial charge in [0.25, 0.3) is 0 Å². The Hall–Kier alpha value is -1.88. The molecule has 2 aromatic heterocycles. The summed E-state index contributed by atoms with van der Waals surface area (Å²) in [5.41, 5.74) is 1.82. The first-order valence-electron chi connectivity index (χ1n) is 6.42. The first-order chi connectivity index (χ1) is 9.54. The lowest BCUT2D eigenvalue weighted by molar-refractivity contribution is -0.122. The van der Waals surface area contributed by atoms with Gasteiger partial charge in [0, 0.05) is 24.6 Å². The van der Waals surface area contributed by atoms with E-state index in [0.717, 1.165) is 17.7 Å². The minimum atomic E-state index is -0.0828. The van der Waals surface area contributed by atoms with Gasteiger partial charge < -0.3 is 5.32 Å². The lowest BCUT2D eigenvalue weighted by Crippen LogP contribution is -2.36. The molecule has 2 heterocycles. The molecular weight excluding hydrogens is 276 g/mol. The maximum Gasteiger partial charge on any atom is 0.241 e. The zero-order valence-corrected chi connectivity index (χ0v) is 12.3. The Labute approximate surface area is 123 Å². The number of hydrogen-bond donors (Lipinski definition) is 1. The van der Waals surface area contributed by atoms with Crippen LogP contribution in [0.15, 0.2) is 30.7 Å². The fraction of sp³-hybridized carbons (Fsp3) is 0.357. The van der Waals surface area contributed by atoms with Crippen LogP contribution in [0.5, 0.6) is 0 Å². The Balaban J connectivity index is 1.85. The van der Waals surface area contributed by atoms with Crippen molar-refractivity contribution in [3.8, 4) is 0 Å². The van der Waals surface area contributed by atoms with Crippen LogP contribution in [0, 0.1) is 6.92 Å². The lowest BCUT2D eigenvalue weighted by atomic mass is 10.1. The molecule has 2 rings (SSSR count). The van der Waals surface area contributed by atoms with Crippen molar-refractivity contribution in [3.05, 3.63) is 47.0 Å². The van der Waals surface area contributed by atoms with Gasteiger partial charge in [-0.15, -0.1) is 0 Å². The quantitative estimate of drug-likeness (QED) is 0.917. The van der Waals surface area contributed by atoms with Crippen LogP contribution in [0.4, 0.5) is 0 Å². The van der Waals surface area contributed by atoms with Crippen LogP contribution in [0.1, 0.15) is 18.2 Å². The van der Waals surface area contributed by atoms with Crippen molar-refractivity contribution >= 4 is 17.5 Å². The molecule has 1 atom stereocenters. The fourth-order valence-electron chi connectivity index (χ4n) is 1.97. The van der Waals surface area contributed by atoms with Gasteiger partial charge in [-0.25, -0.2) is 0 Å². The molecule has 0 radical (unpaired) electrons. The summed E-state index contributed by atoms with van der Waals surface area (Å²) in [7, 11) is 0. The molecule has 6 heteroatoms. The number of pyridine rings is 1. The summed E-state index contributed by atoms with van der Waals surface area (Å²) < 4.78 is 1.55. The number of nitrogens with zero attached hydrogens (tertiary/aromatic N) is 3. The Morgan fingerprint density at radius 3 is 2.95 bits per heavy atom. The number of aromatic nitrogens is 3. The summed E-state index contributed by atoms with van der Waals surface area (Å²) in [5, 5.41) is 7.66. The average molecular weight is 293 g/mol. The maximum atomic E-state index is 11.9. The topological polar surface area (TPSA) is 59.8 Å². The highest BCUT2D eigenvalue weighted by atomic mass is 35.5. The number of aryl methyl sites for hydroxylation is 1. The van der Waals surface area contributed by atoms with E-state index in [1.807, 2.05) is 26.0 Å². The van der Waals surface area contributed by atoms with E-state index in [1.165, 1.54) is 0 Å². The highest BCUT2D eigenvalue weighted by molar-refractivity contribution is 6.31. The van der Waals surface area contributed by atoms with Gasteiger partial charge in [0.15, 0.2) is 0 Å². The summed E-state index contributed by atoms with van der Waals surface area (Å²) in [5.74, 6) is -0.0828. The van der Waals surface area contributed by atoms with Crippen molar-refractivity contribution in [1.29, 1.82) is 0 Å². The molecule has 0 fully saturated rings. The highest BCUT2D eigenvalue weighted by Gasteiger charge is 2.10. The Morgan fingerprint density at radius 2 is 2.35 bits per heavy atom. The smallest absolute Gasteiger partial charge is 0.241 e. The molecule has 0 unspecified atom stereocenters. The number of nitrogens with one attached hydrogen (secondary N) is 1. The van der Waals surface area contributed by atoms with Gasteiger partial charge in [0.1, 0.15) is 6.54 Å². The highest BCUT2D eigenvalue weighted by Crippen LogP contribution is 2.11. The van der Waals surface area contributed by atoms with E-state index in [9.17, 15) is 4.79 Å². The normalized spacial score (nSPS) is 12.2. The molecule has 1 N–H and O–H groups in total. The predicted octanol–water partition coefficient (Wildman–Crippen LogP) is 1.99. The molecule has 2 aromatic rings. The van der Waals surface area contributed by atoms with Crippen LogP contribution in [0.25, 0.3) is 0 Å². The molecule has 0 saturated heterocycles. The van der Waals surface area contributed by atoms with Crippen LogP contribution >= 0.6 is 11.6 Å².